The third-order valence-corrected chi connectivity index (χ3v) is 1.91. The molecule has 1 N–H and O–H groups in total. The molecular weight excluding hydrogens is 192 g/mol. The van der Waals surface area contributed by atoms with Crippen LogP contribution >= 0.6 is 0 Å². The van der Waals surface area contributed by atoms with Crippen LogP contribution in [0.1, 0.15) is 19.4 Å². The second-order valence-electron chi connectivity index (χ2n) is 3.19. The zero-order valence-electron chi connectivity index (χ0n) is 8.86. The monoisotopic (exact) mass is 206 g/mol. The van der Waals surface area contributed by atoms with Gasteiger partial charge in [0.15, 0.2) is 0 Å². The minimum atomic E-state index is -0.307. The summed E-state index contributed by atoms with van der Waals surface area (Å²) in [5, 5.41) is 1.01. The van der Waals surface area contributed by atoms with Crippen molar-refractivity contribution < 1.29 is 9.59 Å². The molecule has 0 aliphatic rings. The SMILES string of the molecule is CC(=O)N(NCc1ccccc1)C(C)=O. The van der Waals surface area contributed by atoms with Crippen LogP contribution in [-0.2, 0) is 16.1 Å². The second kappa shape index (κ2) is 5.26. The third-order valence-electron chi connectivity index (χ3n) is 1.91. The molecule has 80 valence electrons. The number of amides is 2. The Hall–Kier alpha value is -1.68. The number of benzene rings is 1. The van der Waals surface area contributed by atoms with Crippen LogP contribution in [0.5, 0.6) is 0 Å². The maximum absolute atomic E-state index is 11.0. The molecule has 0 radical (unpaired) electrons. The number of carbonyl (C=O) groups excluding carboxylic acids is 2. The molecule has 0 saturated heterocycles. The first-order chi connectivity index (χ1) is 7.11. The summed E-state index contributed by atoms with van der Waals surface area (Å²) in [5.41, 5.74) is 3.79. The van der Waals surface area contributed by atoms with Gasteiger partial charge in [-0.2, -0.15) is 0 Å². The highest BCUT2D eigenvalue weighted by Gasteiger charge is 2.12. The van der Waals surface area contributed by atoms with Crippen LogP contribution in [0.2, 0.25) is 0 Å². The number of nitrogens with zero attached hydrogens (tertiary/aromatic N) is 1. The summed E-state index contributed by atoms with van der Waals surface area (Å²) in [6.07, 6.45) is 0. The van der Waals surface area contributed by atoms with Crippen molar-refractivity contribution in [2.24, 2.45) is 0 Å². The van der Waals surface area contributed by atoms with Crippen molar-refractivity contribution in [1.29, 1.82) is 0 Å². The van der Waals surface area contributed by atoms with E-state index in [0.29, 0.717) is 6.54 Å². The lowest BCUT2D eigenvalue weighted by Crippen LogP contribution is -2.44. The molecule has 4 nitrogen and oxygen atoms in total. The molecule has 0 aliphatic heterocycles. The quantitative estimate of drug-likeness (QED) is 0.753. The molecular formula is C11H14N2O2. The number of rotatable bonds is 3. The summed E-state index contributed by atoms with van der Waals surface area (Å²) in [5.74, 6) is -0.614. The summed E-state index contributed by atoms with van der Waals surface area (Å²) in [7, 11) is 0. The molecule has 0 saturated carbocycles. The molecule has 2 amide bonds. The van der Waals surface area contributed by atoms with Crippen LogP contribution in [0.4, 0.5) is 0 Å². The average Bonchev–Trinajstić information content (AvgIpc) is 2.18. The Balaban J connectivity index is 2.55. The van der Waals surface area contributed by atoms with E-state index in [0.717, 1.165) is 10.6 Å². The van der Waals surface area contributed by atoms with Crippen LogP contribution in [0.15, 0.2) is 30.3 Å². The van der Waals surface area contributed by atoms with Crippen LogP contribution in [0.25, 0.3) is 0 Å². The molecule has 0 bridgehead atoms. The lowest BCUT2D eigenvalue weighted by atomic mass is 10.2. The molecule has 0 aliphatic carbocycles. The standard InChI is InChI=1S/C11H14N2O2/c1-9(14)13(10(2)15)12-8-11-6-4-3-5-7-11/h3-7,12H,8H2,1-2H3. The van der Waals surface area contributed by atoms with E-state index in [2.05, 4.69) is 5.43 Å². The van der Waals surface area contributed by atoms with Gasteiger partial charge in [-0.05, 0) is 5.56 Å². The van der Waals surface area contributed by atoms with Crippen molar-refractivity contribution in [2.45, 2.75) is 20.4 Å². The molecule has 0 heterocycles. The zero-order chi connectivity index (χ0) is 11.3. The first-order valence-electron chi connectivity index (χ1n) is 4.70. The molecule has 0 aromatic heterocycles. The van der Waals surface area contributed by atoms with Gasteiger partial charge in [-0.25, -0.2) is 10.4 Å². The Morgan fingerprint density at radius 3 is 2.13 bits per heavy atom. The largest absolute Gasteiger partial charge is 0.273 e. The number of hydrogen-bond acceptors (Lipinski definition) is 3. The molecule has 0 spiro atoms. The lowest BCUT2D eigenvalue weighted by Gasteiger charge is -2.17. The highest BCUT2D eigenvalue weighted by Crippen LogP contribution is 1.98. The maximum Gasteiger partial charge on any atom is 0.240 e. The Bertz CT molecular complexity index is 335. The number of carbonyl (C=O) groups is 2. The molecule has 1 rings (SSSR count). The fourth-order valence-corrected chi connectivity index (χ4v) is 1.21. The minimum Gasteiger partial charge on any atom is -0.273 e. The van der Waals surface area contributed by atoms with Crippen molar-refractivity contribution in [3.63, 3.8) is 0 Å². The smallest absolute Gasteiger partial charge is 0.240 e. The molecule has 0 atom stereocenters. The van der Waals surface area contributed by atoms with Gasteiger partial charge in [-0.1, -0.05) is 30.3 Å². The predicted molar refractivity (Wildman–Crippen MR) is 56.5 cm³/mol. The Labute approximate surface area is 88.9 Å². The number of hydrogen-bond donors (Lipinski definition) is 1. The topological polar surface area (TPSA) is 49.4 Å². The molecule has 15 heavy (non-hydrogen) atoms. The molecule has 1 aromatic rings. The Kier molecular flexibility index (Phi) is 4.00. The van der Waals surface area contributed by atoms with E-state index >= 15 is 0 Å². The van der Waals surface area contributed by atoms with Gasteiger partial charge in [0.1, 0.15) is 0 Å². The highest BCUT2D eigenvalue weighted by molar-refractivity contribution is 5.92. The van der Waals surface area contributed by atoms with E-state index in [9.17, 15) is 9.59 Å². The van der Waals surface area contributed by atoms with E-state index in [1.807, 2.05) is 30.3 Å². The van der Waals surface area contributed by atoms with Gasteiger partial charge in [0, 0.05) is 20.4 Å². The fraction of sp³-hybridized carbons (Fsp3) is 0.273. The fourth-order valence-electron chi connectivity index (χ4n) is 1.21. The van der Waals surface area contributed by atoms with Crippen LogP contribution in [0, 0.1) is 0 Å². The predicted octanol–water partition coefficient (Wildman–Crippen LogP) is 1.09. The summed E-state index contributed by atoms with van der Waals surface area (Å²) < 4.78 is 0. The molecule has 0 fully saturated rings. The van der Waals surface area contributed by atoms with Crippen molar-refractivity contribution in [2.75, 3.05) is 0 Å². The van der Waals surface area contributed by atoms with Gasteiger partial charge in [0.2, 0.25) is 11.8 Å². The van der Waals surface area contributed by atoms with Crippen LogP contribution in [-0.4, -0.2) is 16.8 Å². The van der Waals surface area contributed by atoms with Gasteiger partial charge in [-0.15, -0.1) is 0 Å². The molecule has 4 heteroatoms. The minimum absolute atomic E-state index is 0.307. The van der Waals surface area contributed by atoms with E-state index in [1.165, 1.54) is 13.8 Å². The maximum atomic E-state index is 11.0. The van der Waals surface area contributed by atoms with Gasteiger partial charge in [0.05, 0.1) is 0 Å². The Morgan fingerprint density at radius 2 is 1.67 bits per heavy atom. The first-order valence-corrected chi connectivity index (χ1v) is 4.70. The molecule has 0 unspecified atom stereocenters. The highest BCUT2D eigenvalue weighted by atomic mass is 16.2. The van der Waals surface area contributed by atoms with E-state index in [-0.39, 0.29) is 11.8 Å². The average molecular weight is 206 g/mol. The Morgan fingerprint density at radius 1 is 1.13 bits per heavy atom. The summed E-state index contributed by atoms with van der Waals surface area (Å²) in [6, 6.07) is 9.57. The number of imide groups is 1. The van der Waals surface area contributed by atoms with Crippen LogP contribution in [0.3, 0.4) is 0 Å². The normalized spacial score (nSPS) is 9.73. The first kappa shape index (κ1) is 11.4. The summed E-state index contributed by atoms with van der Waals surface area (Å²) >= 11 is 0. The van der Waals surface area contributed by atoms with E-state index in [4.69, 9.17) is 0 Å². The van der Waals surface area contributed by atoms with Gasteiger partial charge >= 0.3 is 0 Å². The zero-order valence-corrected chi connectivity index (χ0v) is 8.86. The second-order valence-corrected chi connectivity index (χ2v) is 3.19. The van der Waals surface area contributed by atoms with E-state index in [1.54, 1.807) is 0 Å². The summed E-state index contributed by atoms with van der Waals surface area (Å²) in [4.78, 5) is 22.1. The van der Waals surface area contributed by atoms with Crippen molar-refractivity contribution in [3.8, 4) is 0 Å². The van der Waals surface area contributed by atoms with Gasteiger partial charge < -0.3 is 0 Å². The number of hydrazine groups is 1. The molecule has 1 aromatic carbocycles. The lowest BCUT2D eigenvalue weighted by molar-refractivity contribution is -0.146. The van der Waals surface area contributed by atoms with Gasteiger partial charge in [-0.3, -0.25) is 9.59 Å². The van der Waals surface area contributed by atoms with Crippen molar-refractivity contribution in [1.82, 2.24) is 10.4 Å². The van der Waals surface area contributed by atoms with Crippen molar-refractivity contribution in [3.05, 3.63) is 35.9 Å². The van der Waals surface area contributed by atoms with Crippen molar-refractivity contribution >= 4 is 11.8 Å². The van der Waals surface area contributed by atoms with Gasteiger partial charge in [0.25, 0.3) is 0 Å². The third kappa shape index (κ3) is 3.52. The summed E-state index contributed by atoms with van der Waals surface area (Å²) in [6.45, 7) is 3.15. The van der Waals surface area contributed by atoms with E-state index < -0.39 is 0 Å². The van der Waals surface area contributed by atoms with Crippen LogP contribution < -0.4 is 5.43 Å². The number of nitrogens with one attached hydrogen (secondary N) is 1.